The van der Waals surface area contributed by atoms with Gasteiger partial charge in [-0.15, -0.1) is 0 Å². The van der Waals surface area contributed by atoms with Crippen LogP contribution in [0.2, 0.25) is 0 Å². The molecule has 2 heterocycles. The average Bonchev–Trinajstić information content (AvgIpc) is 3.46. The highest BCUT2D eigenvalue weighted by Crippen LogP contribution is 2.53. The van der Waals surface area contributed by atoms with Crippen molar-refractivity contribution in [3.05, 3.63) is 133 Å². The summed E-state index contributed by atoms with van der Waals surface area (Å²) >= 11 is 0. The van der Waals surface area contributed by atoms with Crippen LogP contribution in [0.25, 0.3) is 61.4 Å². The van der Waals surface area contributed by atoms with Crippen molar-refractivity contribution < 1.29 is 0 Å². The van der Waals surface area contributed by atoms with Gasteiger partial charge in [0.2, 0.25) is 0 Å². The molecule has 2 bridgehead atoms. The van der Waals surface area contributed by atoms with Crippen LogP contribution in [0, 0.1) is 17.8 Å². The van der Waals surface area contributed by atoms with Crippen molar-refractivity contribution in [1.29, 1.82) is 0 Å². The Hall–Kier alpha value is -5.09. The molecule has 2 aliphatic carbocycles. The number of benzene rings is 5. The highest BCUT2D eigenvalue weighted by atomic mass is 15.1. The van der Waals surface area contributed by atoms with Gasteiger partial charge >= 0.3 is 0 Å². The van der Waals surface area contributed by atoms with Crippen LogP contribution in [0.15, 0.2) is 127 Å². The van der Waals surface area contributed by atoms with E-state index in [9.17, 15) is 0 Å². The standard InChI is InChI=1S/C44H40N4/c1-29-24-31-25-30(2)27-44(26-29,28-31)43-46-41(33-16-7-4-8-17-33)45-42(47-43)37-19-10-12-23-39(37)48-38-22-11-9-18-35(38)36-21-13-20-34(40(36)48)32-14-5-3-6-15-32/h3-23,29-31H,24-28H2,1-2H3/t29-,30?,31?,44?/m1/s1. The summed E-state index contributed by atoms with van der Waals surface area (Å²) in [6, 6.07) is 45.3. The molecule has 2 aliphatic rings. The predicted octanol–water partition coefficient (Wildman–Crippen LogP) is 11.1. The van der Waals surface area contributed by atoms with E-state index in [2.05, 4.69) is 146 Å². The SMILES string of the molecule is CC1CC2C[C@@H](C)CC(c3nc(-c4ccccc4)nc(-c4ccccc4-n4c5ccccc5c5cccc(-c6ccccc6)c54)n3)(C1)C2. The van der Waals surface area contributed by atoms with E-state index in [-0.39, 0.29) is 5.41 Å². The normalized spacial score (nSPS) is 22.2. The molecule has 7 aromatic rings. The molecular weight excluding hydrogens is 585 g/mol. The number of nitrogens with zero attached hydrogens (tertiary/aromatic N) is 4. The summed E-state index contributed by atoms with van der Waals surface area (Å²) in [7, 11) is 0. The molecule has 0 amide bonds. The Balaban J connectivity index is 1.32. The van der Waals surface area contributed by atoms with Crippen LogP contribution in [0.1, 0.15) is 51.8 Å². The molecule has 0 saturated heterocycles. The van der Waals surface area contributed by atoms with Crippen LogP contribution in [0.5, 0.6) is 0 Å². The van der Waals surface area contributed by atoms with Crippen molar-refractivity contribution in [2.24, 2.45) is 17.8 Å². The second kappa shape index (κ2) is 11.6. The Kier molecular flexibility index (Phi) is 7.00. The quantitative estimate of drug-likeness (QED) is 0.191. The zero-order valence-corrected chi connectivity index (χ0v) is 27.7. The molecule has 0 radical (unpaired) electrons. The number of aromatic nitrogens is 4. The second-order valence-corrected chi connectivity index (χ2v) is 14.6. The van der Waals surface area contributed by atoms with Crippen molar-refractivity contribution in [3.8, 4) is 39.6 Å². The van der Waals surface area contributed by atoms with Gasteiger partial charge in [0, 0.05) is 32.9 Å². The summed E-state index contributed by atoms with van der Waals surface area (Å²) in [6.07, 6.45) is 6.08. The molecule has 4 heteroatoms. The zero-order chi connectivity index (χ0) is 32.2. The van der Waals surface area contributed by atoms with Gasteiger partial charge in [-0.05, 0) is 73.6 Å². The van der Waals surface area contributed by atoms with Gasteiger partial charge in [-0.3, -0.25) is 0 Å². The largest absolute Gasteiger partial charge is 0.308 e. The molecule has 3 unspecified atom stereocenters. The number of hydrogen-bond acceptors (Lipinski definition) is 3. The third-order valence-electron chi connectivity index (χ3n) is 10.9. The summed E-state index contributed by atoms with van der Waals surface area (Å²) in [5.74, 6) is 4.56. The van der Waals surface area contributed by atoms with Gasteiger partial charge in [-0.2, -0.15) is 0 Å². The Labute approximate surface area is 282 Å². The number of rotatable bonds is 5. The first-order valence-corrected chi connectivity index (χ1v) is 17.6. The third-order valence-corrected chi connectivity index (χ3v) is 10.9. The molecular formula is C44H40N4. The zero-order valence-electron chi connectivity index (χ0n) is 27.7. The van der Waals surface area contributed by atoms with E-state index in [1.807, 2.05) is 0 Å². The topological polar surface area (TPSA) is 43.6 Å². The summed E-state index contributed by atoms with van der Waals surface area (Å²) in [6.45, 7) is 4.86. The van der Waals surface area contributed by atoms with Crippen molar-refractivity contribution in [2.75, 3.05) is 0 Å². The monoisotopic (exact) mass is 624 g/mol. The lowest BCUT2D eigenvalue weighted by Gasteiger charge is -2.49. The van der Waals surface area contributed by atoms with Crippen LogP contribution < -0.4 is 0 Å². The fourth-order valence-electron chi connectivity index (χ4n) is 9.41. The highest BCUT2D eigenvalue weighted by Gasteiger charge is 2.47. The molecule has 2 saturated carbocycles. The molecule has 2 fully saturated rings. The minimum atomic E-state index is -0.0243. The maximum atomic E-state index is 5.51. The van der Waals surface area contributed by atoms with Crippen LogP contribution in [-0.4, -0.2) is 19.5 Å². The molecule has 0 N–H and O–H groups in total. The van der Waals surface area contributed by atoms with E-state index >= 15 is 0 Å². The molecule has 0 spiro atoms. The van der Waals surface area contributed by atoms with Gasteiger partial charge in [0.15, 0.2) is 11.6 Å². The summed E-state index contributed by atoms with van der Waals surface area (Å²) in [5.41, 5.74) is 7.87. The maximum Gasteiger partial charge on any atom is 0.165 e. The van der Waals surface area contributed by atoms with E-state index < -0.39 is 0 Å². The molecule has 5 aromatic carbocycles. The number of hydrogen-bond donors (Lipinski definition) is 0. The van der Waals surface area contributed by atoms with Gasteiger partial charge in [-0.25, -0.2) is 15.0 Å². The Morgan fingerprint density at radius 1 is 0.542 bits per heavy atom. The first kappa shape index (κ1) is 29.1. The molecule has 4 atom stereocenters. The molecule has 2 aromatic heterocycles. The van der Waals surface area contributed by atoms with Crippen LogP contribution in [0.3, 0.4) is 0 Å². The molecule has 48 heavy (non-hydrogen) atoms. The van der Waals surface area contributed by atoms with E-state index in [1.165, 1.54) is 52.2 Å². The van der Waals surface area contributed by atoms with Crippen LogP contribution >= 0.6 is 0 Å². The molecule has 4 nitrogen and oxygen atoms in total. The Morgan fingerprint density at radius 3 is 1.92 bits per heavy atom. The van der Waals surface area contributed by atoms with Crippen LogP contribution in [-0.2, 0) is 5.41 Å². The van der Waals surface area contributed by atoms with Gasteiger partial charge in [0.05, 0.1) is 16.7 Å². The van der Waals surface area contributed by atoms with Crippen molar-refractivity contribution in [1.82, 2.24) is 19.5 Å². The van der Waals surface area contributed by atoms with Gasteiger partial charge < -0.3 is 4.57 Å². The average molecular weight is 625 g/mol. The smallest absolute Gasteiger partial charge is 0.165 e. The Bertz CT molecular complexity index is 2250. The third kappa shape index (κ3) is 4.85. The van der Waals surface area contributed by atoms with Gasteiger partial charge in [0.25, 0.3) is 0 Å². The number of para-hydroxylation sites is 3. The van der Waals surface area contributed by atoms with Crippen molar-refractivity contribution >= 4 is 21.8 Å². The van der Waals surface area contributed by atoms with E-state index in [0.29, 0.717) is 11.8 Å². The summed E-state index contributed by atoms with van der Waals surface area (Å²) < 4.78 is 2.44. The van der Waals surface area contributed by atoms with Crippen molar-refractivity contribution in [2.45, 2.75) is 51.4 Å². The first-order chi connectivity index (χ1) is 23.6. The molecule has 0 aliphatic heterocycles. The fourth-order valence-corrected chi connectivity index (χ4v) is 9.41. The lowest BCUT2D eigenvalue weighted by atomic mass is 9.56. The summed E-state index contributed by atoms with van der Waals surface area (Å²) in [5, 5.41) is 2.47. The Morgan fingerprint density at radius 2 is 1.15 bits per heavy atom. The maximum absolute atomic E-state index is 5.51. The van der Waals surface area contributed by atoms with E-state index in [4.69, 9.17) is 15.0 Å². The predicted molar refractivity (Wildman–Crippen MR) is 197 cm³/mol. The fraction of sp³-hybridized carbons (Fsp3) is 0.250. The van der Waals surface area contributed by atoms with E-state index in [1.54, 1.807) is 0 Å². The van der Waals surface area contributed by atoms with Gasteiger partial charge in [-0.1, -0.05) is 123 Å². The molecule has 9 rings (SSSR count). The van der Waals surface area contributed by atoms with Crippen molar-refractivity contribution in [3.63, 3.8) is 0 Å². The number of fused-ring (bicyclic) bond motifs is 5. The minimum Gasteiger partial charge on any atom is -0.308 e. The lowest BCUT2D eigenvalue weighted by Crippen LogP contribution is -2.43. The van der Waals surface area contributed by atoms with Gasteiger partial charge in [0.1, 0.15) is 5.82 Å². The first-order valence-electron chi connectivity index (χ1n) is 17.6. The molecule has 236 valence electrons. The minimum absolute atomic E-state index is 0.0243. The lowest BCUT2D eigenvalue weighted by molar-refractivity contribution is 0.0720. The highest BCUT2D eigenvalue weighted by molar-refractivity contribution is 6.14. The second-order valence-electron chi connectivity index (χ2n) is 14.6. The summed E-state index contributed by atoms with van der Waals surface area (Å²) in [4.78, 5) is 16.1. The van der Waals surface area contributed by atoms with E-state index in [0.717, 1.165) is 53.0 Å². The van der Waals surface area contributed by atoms with Crippen LogP contribution in [0.4, 0.5) is 0 Å².